The lowest BCUT2D eigenvalue weighted by molar-refractivity contribution is -0.161. The van der Waals surface area contributed by atoms with Gasteiger partial charge < -0.3 is 33.8 Å². The summed E-state index contributed by atoms with van der Waals surface area (Å²) in [6, 6.07) is 0. The summed E-state index contributed by atoms with van der Waals surface area (Å²) >= 11 is 0. The van der Waals surface area contributed by atoms with E-state index in [1.165, 1.54) is 218 Å². The van der Waals surface area contributed by atoms with E-state index in [1.54, 1.807) is 0 Å². The van der Waals surface area contributed by atoms with Gasteiger partial charge in [-0.05, 0) is 51.4 Å². The second-order valence-electron chi connectivity index (χ2n) is 28.1. The SMILES string of the molecule is CCCCCC/C=C\C=C/CCCCCCCC(=O)OC[C@H](COP(=O)(O)OC[C@@H](O)COP(=O)(O)OC[C@@H](COC(=O)CCCCCCCCCCC)OC(=O)CCCCCCCCCCCCCCC)OC(=O)CCCCCCCCCCCCCCCCCCCCCCCC. The van der Waals surface area contributed by atoms with Gasteiger partial charge in [-0.25, -0.2) is 9.13 Å². The maximum absolute atomic E-state index is 13.1. The van der Waals surface area contributed by atoms with Crippen LogP contribution < -0.4 is 0 Å². The van der Waals surface area contributed by atoms with E-state index in [-0.39, 0.29) is 25.7 Å². The number of phosphoric acid groups is 2. The molecule has 0 saturated carbocycles. The number of allylic oxidation sites excluding steroid dienone is 4. The Morgan fingerprint density at radius 3 is 0.737 bits per heavy atom. The lowest BCUT2D eigenvalue weighted by Crippen LogP contribution is -2.30. The molecule has 99 heavy (non-hydrogen) atoms. The summed E-state index contributed by atoms with van der Waals surface area (Å²) in [7, 11) is -9.92. The minimum absolute atomic E-state index is 0.103. The average Bonchev–Trinajstić information content (AvgIpc) is 1.14. The monoisotopic (exact) mass is 1450 g/mol. The Bertz CT molecular complexity index is 1970. The molecule has 0 spiro atoms. The number of rotatable bonds is 79. The van der Waals surface area contributed by atoms with Crippen LogP contribution in [0.2, 0.25) is 0 Å². The first-order valence-electron chi connectivity index (χ1n) is 41.1. The van der Waals surface area contributed by atoms with Crippen molar-refractivity contribution in [2.75, 3.05) is 39.6 Å². The third-order valence-corrected chi connectivity index (χ3v) is 20.1. The number of ether oxygens (including phenoxy) is 4. The van der Waals surface area contributed by atoms with Crippen molar-refractivity contribution in [2.45, 2.75) is 425 Å². The number of aliphatic hydroxyl groups is 1. The highest BCUT2D eigenvalue weighted by Gasteiger charge is 2.30. The quantitative estimate of drug-likeness (QED) is 0.0169. The normalized spacial score (nSPS) is 14.0. The summed E-state index contributed by atoms with van der Waals surface area (Å²) in [5.41, 5.74) is 0. The lowest BCUT2D eigenvalue weighted by atomic mass is 10.0. The number of esters is 4. The van der Waals surface area contributed by atoms with Gasteiger partial charge >= 0.3 is 39.5 Å². The number of unbranched alkanes of at least 4 members (excludes halogenated alkanes) is 50. The number of phosphoric ester groups is 2. The van der Waals surface area contributed by atoms with Crippen LogP contribution in [0.4, 0.5) is 0 Å². The maximum Gasteiger partial charge on any atom is 0.472 e. The average molecular weight is 1450 g/mol. The number of hydrogen-bond donors (Lipinski definition) is 3. The van der Waals surface area contributed by atoms with E-state index >= 15 is 0 Å². The van der Waals surface area contributed by atoms with Crippen LogP contribution in [0.25, 0.3) is 0 Å². The van der Waals surface area contributed by atoms with E-state index in [2.05, 4.69) is 52.0 Å². The Morgan fingerprint density at radius 1 is 0.283 bits per heavy atom. The van der Waals surface area contributed by atoms with Crippen LogP contribution in [-0.4, -0.2) is 96.7 Å². The van der Waals surface area contributed by atoms with Crippen molar-refractivity contribution in [2.24, 2.45) is 0 Å². The lowest BCUT2D eigenvalue weighted by Gasteiger charge is -2.21. The topological polar surface area (TPSA) is 237 Å². The second-order valence-corrected chi connectivity index (χ2v) is 31.0. The number of carbonyl (C=O) groups excluding carboxylic acids is 4. The van der Waals surface area contributed by atoms with Crippen LogP contribution >= 0.6 is 15.6 Å². The van der Waals surface area contributed by atoms with Crippen molar-refractivity contribution in [3.8, 4) is 0 Å². The molecule has 0 aliphatic carbocycles. The molecular formula is C80H152O17P2. The zero-order chi connectivity index (χ0) is 72.5. The third-order valence-electron chi connectivity index (χ3n) is 18.2. The van der Waals surface area contributed by atoms with Crippen LogP contribution in [0.1, 0.15) is 407 Å². The molecule has 0 rings (SSSR count). The highest BCUT2D eigenvalue weighted by Crippen LogP contribution is 2.45. The molecule has 19 heteroatoms. The molecule has 0 aromatic heterocycles. The Labute approximate surface area is 605 Å². The Balaban J connectivity index is 5.22. The summed E-state index contributed by atoms with van der Waals surface area (Å²) in [6.45, 7) is 4.93. The second kappa shape index (κ2) is 73.8. The predicted molar refractivity (Wildman–Crippen MR) is 405 cm³/mol. The van der Waals surface area contributed by atoms with E-state index in [4.69, 9.17) is 37.0 Å². The molecule has 0 bridgehead atoms. The van der Waals surface area contributed by atoms with E-state index in [1.807, 2.05) is 0 Å². The Morgan fingerprint density at radius 2 is 0.485 bits per heavy atom. The summed E-state index contributed by atoms with van der Waals surface area (Å²) in [6.07, 6.45) is 68.9. The van der Waals surface area contributed by atoms with Crippen LogP contribution in [0.5, 0.6) is 0 Å². The summed E-state index contributed by atoms with van der Waals surface area (Å²) < 4.78 is 68.6. The molecule has 2 unspecified atom stereocenters. The van der Waals surface area contributed by atoms with Gasteiger partial charge in [0.1, 0.15) is 19.3 Å². The molecule has 0 aromatic carbocycles. The molecule has 0 radical (unpaired) electrons. The Kier molecular flexibility index (Phi) is 72.0. The summed E-state index contributed by atoms with van der Waals surface area (Å²) in [4.78, 5) is 72.9. The molecule has 0 heterocycles. The van der Waals surface area contributed by atoms with Gasteiger partial charge in [-0.3, -0.25) is 37.3 Å². The highest BCUT2D eigenvalue weighted by atomic mass is 31.2. The molecule has 5 atom stereocenters. The van der Waals surface area contributed by atoms with E-state index < -0.39 is 97.5 Å². The van der Waals surface area contributed by atoms with Crippen LogP contribution in [0.15, 0.2) is 24.3 Å². The van der Waals surface area contributed by atoms with E-state index in [0.717, 1.165) is 109 Å². The van der Waals surface area contributed by atoms with Crippen molar-refractivity contribution >= 4 is 39.5 Å². The van der Waals surface area contributed by atoms with Crippen molar-refractivity contribution in [1.82, 2.24) is 0 Å². The predicted octanol–water partition coefficient (Wildman–Crippen LogP) is 23.7. The standard InChI is InChI=1S/C80H152O17P2/c1-5-9-13-17-21-25-28-31-33-34-35-36-37-38-39-41-44-47-51-55-59-63-67-80(85)97-76(71-91-78(83)65-61-57-53-49-45-43-40-32-29-26-22-18-14-10-6-2)73-95-99(88,89)93-69-74(81)68-92-98(86,87)94-72-75(70-90-77(82)64-60-56-52-48-24-20-16-12-8-4)96-79(84)66-62-58-54-50-46-42-30-27-23-19-15-11-7-3/h26,29,32,40,74-76,81H,5-25,27-28,30-31,33-39,41-73H2,1-4H3,(H,86,87)(H,88,89)/b29-26-,40-32-/t74-,75+,76+/m0/s1. The number of carbonyl (C=O) groups is 4. The molecule has 17 nitrogen and oxygen atoms in total. The molecule has 0 amide bonds. The minimum atomic E-state index is -4.97. The molecule has 0 saturated heterocycles. The molecule has 3 N–H and O–H groups in total. The fourth-order valence-corrected chi connectivity index (χ4v) is 13.5. The summed E-state index contributed by atoms with van der Waals surface area (Å²) in [5, 5.41) is 10.6. The van der Waals surface area contributed by atoms with Gasteiger partial charge in [0, 0.05) is 25.7 Å². The van der Waals surface area contributed by atoms with Crippen LogP contribution in [0, 0.1) is 0 Å². The molecule has 0 aliphatic heterocycles. The van der Waals surface area contributed by atoms with Gasteiger partial charge in [0.2, 0.25) is 0 Å². The van der Waals surface area contributed by atoms with Gasteiger partial charge in [0.15, 0.2) is 12.2 Å². The van der Waals surface area contributed by atoms with Gasteiger partial charge in [-0.2, -0.15) is 0 Å². The molecule has 0 fully saturated rings. The zero-order valence-electron chi connectivity index (χ0n) is 64.0. The molecule has 0 aromatic rings. The number of aliphatic hydroxyl groups excluding tert-OH is 1. The first kappa shape index (κ1) is 96.5. The summed E-state index contributed by atoms with van der Waals surface area (Å²) in [5.74, 6) is -2.14. The third kappa shape index (κ3) is 73.6. The Hall–Kier alpha value is -2.46. The first-order valence-corrected chi connectivity index (χ1v) is 44.1. The van der Waals surface area contributed by atoms with Gasteiger partial charge in [-0.1, -0.05) is 354 Å². The van der Waals surface area contributed by atoms with Crippen molar-refractivity contribution in [3.05, 3.63) is 24.3 Å². The largest absolute Gasteiger partial charge is 0.472 e. The van der Waals surface area contributed by atoms with Gasteiger partial charge in [0.05, 0.1) is 26.4 Å². The van der Waals surface area contributed by atoms with E-state index in [9.17, 15) is 43.2 Å². The van der Waals surface area contributed by atoms with Crippen molar-refractivity contribution in [1.29, 1.82) is 0 Å². The maximum atomic E-state index is 13.1. The highest BCUT2D eigenvalue weighted by molar-refractivity contribution is 7.47. The van der Waals surface area contributed by atoms with Crippen LogP contribution in [-0.2, 0) is 65.4 Å². The van der Waals surface area contributed by atoms with Gasteiger partial charge in [-0.15, -0.1) is 0 Å². The van der Waals surface area contributed by atoms with Gasteiger partial charge in [0.25, 0.3) is 0 Å². The van der Waals surface area contributed by atoms with Crippen LogP contribution in [0.3, 0.4) is 0 Å². The fraction of sp³-hybridized carbons (Fsp3) is 0.900. The fourth-order valence-electron chi connectivity index (χ4n) is 11.9. The number of hydrogen-bond acceptors (Lipinski definition) is 15. The van der Waals surface area contributed by atoms with E-state index in [0.29, 0.717) is 25.7 Å². The first-order chi connectivity index (χ1) is 48.2. The smallest absolute Gasteiger partial charge is 0.462 e. The van der Waals surface area contributed by atoms with Crippen molar-refractivity contribution in [3.63, 3.8) is 0 Å². The zero-order valence-corrected chi connectivity index (χ0v) is 65.7. The minimum Gasteiger partial charge on any atom is -0.462 e. The molecular weight excluding hydrogens is 1290 g/mol. The molecule has 584 valence electrons. The van der Waals surface area contributed by atoms with Crippen molar-refractivity contribution < 1.29 is 80.2 Å². The molecule has 0 aliphatic rings.